The van der Waals surface area contributed by atoms with Gasteiger partial charge in [-0.1, -0.05) is 42.5 Å². The molecule has 0 saturated heterocycles. The highest BCUT2D eigenvalue weighted by Gasteiger charge is 2.19. The predicted octanol–water partition coefficient (Wildman–Crippen LogP) is 2.53. The van der Waals surface area contributed by atoms with Crippen LogP contribution >= 0.6 is 0 Å². The molecule has 0 fully saturated rings. The summed E-state index contributed by atoms with van der Waals surface area (Å²) in [7, 11) is 1.56. The number of aromatic hydroxyl groups is 1. The minimum atomic E-state index is -0.731. The number of aryl methyl sites for hydroxylation is 1. The van der Waals surface area contributed by atoms with Crippen molar-refractivity contribution in [2.45, 2.75) is 13.5 Å². The highest BCUT2D eigenvalue weighted by Crippen LogP contribution is 2.22. The van der Waals surface area contributed by atoms with Gasteiger partial charge >= 0.3 is 5.97 Å². The number of hydrogen-bond donors (Lipinski definition) is 1. The molecule has 0 heterocycles. The summed E-state index contributed by atoms with van der Waals surface area (Å²) >= 11 is 0. The van der Waals surface area contributed by atoms with Crippen LogP contribution in [0.25, 0.3) is 0 Å². The Balaban J connectivity index is 1.99. The number of esters is 1. The van der Waals surface area contributed by atoms with Crippen molar-refractivity contribution in [1.82, 2.24) is 4.90 Å². The van der Waals surface area contributed by atoms with Crippen molar-refractivity contribution in [2.75, 3.05) is 26.9 Å². The first-order valence-corrected chi connectivity index (χ1v) is 8.29. The maximum absolute atomic E-state index is 12.5. The van der Waals surface area contributed by atoms with Gasteiger partial charge in [0, 0.05) is 20.2 Å². The molecular formula is C20H23NO5. The van der Waals surface area contributed by atoms with Crippen molar-refractivity contribution < 1.29 is 24.2 Å². The van der Waals surface area contributed by atoms with Crippen LogP contribution in [0.1, 0.15) is 21.5 Å². The Labute approximate surface area is 153 Å². The average molecular weight is 357 g/mol. The first kappa shape index (κ1) is 19.5. The number of phenols is 1. The first-order valence-electron chi connectivity index (χ1n) is 8.29. The highest BCUT2D eigenvalue weighted by atomic mass is 16.5. The van der Waals surface area contributed by atoms with Crippen LogP contribution in [0.2, 0.25) is 0 Å². The molecule has 0 radical (unpaired) electrons. The molecule has 0 aliphatic carbocycles. The number of carbonyl (C=O) groups is 2. The summed E-state index contributed by atoms with van der Waals surface area (Å²) in [5.74, 6) is -1.19. The number of phenolic OH excluding ortho intramolecular Hbond substituents is 1. The van der Waals surface area contributed by atoms with E-state index in [0.29, 0.717) is 25.3 Å². The van der Waals surface area contributed by atoms with Gasteiger partial charge in [-0.15, -0.1) is 0 Å². The molecule has 26 heavy (non-hydrogen) atoms. The molecule has 0 aliphatic rings. The second kappa shape index (κ2) is 9.58. The number of ether oxygens (including phenoxy) is 2. The van der Waals surface area contributed by atoms with Crippen LogP contribution in [-0.4, -0.2) is 48.8 Å². The number of amides is 1. The lowest BCUT2D eigenvalue weighted by molar-refractivity contribution is -0.135. The zero-order valence-corrected chi connectivity index (χ0v) is 15.0. The van der Waals surface area contributed by atoms with Crippen molar-refractivity contribution in [2.24, 2.45) is 0 Å². The Morgan fingerprint density at radius 1 is 1.08 bits per heavy atom. The van der Waals surface area contributed by atoms with Crippen molar-refractivity contribution in [1.29, 1.82) is 0 Å². The minimum absolute atomic E-state index is 0.0456. The lowest BCUT2D eigenvalue weighted by atomic mass is 10.1. The molecule has 2 aromatic carbocycles. The number of para-hydroxylation sites is 1. The van der Waals surface area contributed by atoms with Crippen molar-refractivity contribution in [3.63, 3.8) is 0 Å². The maximum atomic E-state index is 12.5. The van der Waals surface area contributed by atoms with Gasteiger partial charge in [-0.25, -0.2) is 4.79 Å². The topological polar surface area (TPSA) is 76.1 Å². The van der Waals surface area contributed by atoms with E-state index in [2.05, 4.69) is 0 Å². The van der Waals surface area contributed by atoms with E-state index in [1.165, 1.54) is 6.07 Å². The van der Waals surface area contributed by atoms with E-state index >= 15 is 0 Å². The predicted molar refractivity (Wildman–Crippen MR) is 96.9 cm³/mol. The Morgan fingerprint density at radius 3 is 2.50 bits per heavy atom. The first-order chi connectivity index (χ1) is 12.5. The molecule has 0 atom stereocenters. The van der Waals surface area contributed by atoms with E-state index in [0.717, 1.165) is 5.56 Å². The summed E-state index contributed by atoms with van der Waals surface area (Å²) in [5.41, 5.74) is 1.58. The molecule has 0 saturated carbocycles. The molecule has 0 aromatic heterocycles. The van der Waals surface area contributed by atoms with Gasteiger partial charge in [0.25, 0.3) is 5.91 Å². The van der Waals surface area contributed by atoms with Gasteiger partial charge in [-0.3, -0.25) is 4.79 Å². The zero-order chi connectivity index (χ0) is 18.9. The summed E-state index contributed by atoms with van der Waals surface area (Å²) in [6.07, 6.45) is 0. The molecule has 138 valence electrons. The third kappa shape index (κ3) is 5.32. The van der Waals surface area contributed by atoms with E-state index in [9.17, 15) is 14.7 Å². The van der Waals surface area contributed by atoms with Crippen LogP contribution in [0.3, 0.4) is 0 Å². The van der Waals surface area contributed by atoms with Gasteiger partial charge in [-0.05, 0) is 24.1 Å². The van der Waals surface area contributed by atoms with Gasteiger partial charge in [0.1, 0.15) is 11.3 Å². The molecular weight excluding hydrogens is 334 g/mol. The lowest BCUT2D eigenvalue weighted by Gasteiger charge is -2.22. The van der Waals surface area contributed by atoms with E-state index in [4.69, 9.17) is 9.47 Å². The fourth-order valence-corrected chi connectivity index (χ4v) is 2.42. The summed E-state index contributed by atoms with van der Waals surface area (Å²) in [6, 6.07) is 14.3. The smallest absolute Gasteiger partial charge is 0.342 e. The molecule has 0 unspecified atom stereocenters. The quantitative estimate of drug-likeness (QED) is 0.735. The summed E-state index contributed by atoms with van der Waals surface area (Å²) < 4.78 is 10.1. The zero-order valence-electron chi connectivity index (χ0n) is 15.0. The average Bonchev–Trinajstić information content (AvgIpc) is 2.66. The third-order valence-corrected chi connectivity index (χ3v) is 3.92. The van der Waals surface area contributed by atoms with Crippen LogP contribution in [0.4, 0.5) is 0 Å². The molecule has 6 heteroatoms. The SMILES string of the molecule is COCCN(Cc1ccccc1)C(=O)COC(=O)c1cccc(C)c1O. The number of rotatable bonds is 8. The van der Waals surface area contributed by atoms with Gasteiger partial charge in [0.15, 0.2) is 6.61 Å². The molecule has 0 bridgehead atoms. The number of carbonyl (C=O) groups excluding carboxylic acids is 2. The molecule has 0 spiro atoms. The van der Waals surface area contributed by atoms with Crippen LogP contribution in [-0.2, 0) is 20.8 Å². The summed E-state index contributed by atoms with van der Waals surface area (Å²) in [4.78, 5) is 26.2. The Hall–Kier alpha value is -2.86. The summed E-state index contributed by atoms with van der Waals surface area (Å²) in [5, 5.41) is 9.94. The van der Waals surface area contributed by atoms with E-state index in [-0.39, 0.29) is 17.2 Å². The molecule has 6 nitrogen and oxygen atoms in total. The van der Waals surface area contributed by atoms with E-state index in [1.807, 2.05) is 30.3 Å². The van der Waals surface area contributed by atoms with Gasteiger partial charge in [0.05, 0.1) is 6.61 Å². The van der Waals surface area contributed by atoms with Crippen LogP contribution < -0.4 is 0 Å². The third-order valence-electron chi connectivity index (χ3n) is 3.92. The van der Waals surface area contributed by atoms with Crippen LogP contribution in [0.15, 0.2) is 48.5 Å². The molecule has 2 rings (SSSR count). The number of methoxy groups -OCH3 is 1. The van der Waals surface area contributed by atoms with Crippen molar-refractivity contribution in [3.8, 4) is 5.75 Å². The second-order valence-corrected chi connectivity index (χ2v) is 5.84. The Bertz CT molecular complexity index is 745. The van der Waals surface area contributed by atoms with Crippen molar-refractivity contribution in [3.05, 3.63) is 65.2 Å². The molecule has 1 amide bonds. The maximum Gasteiger partial charge on any atom is 0.342 e. The van der Waals surface area contributed by atoms with Gasteiger partial charge in [-0.2, -0.15) is 0 Å². The second-order valence-electron chi connectivity index (χ2n) is 5.84. The van der Waals surface area contributed by atoms with E-state index < -0.39 is 12.6 Å². The van der Waals surface area contributed by atoms with Crippen molar-refractivity contribution >= 4 is 11.9 Å². The standard InChI is InChI=1S/C20H23NO5/c1-15-7-6-10-17(19(15)23)20(24)26-14-18(22)21(11-12-25-2)13-16-8-4-3-5-9-16/h3-10,23H,11-14H2,1-2H3. The molecule has 0 aliphatic heterocycles. The van der Waals surface area contributed by atoms with Crippen LogP contribution in [0, 0.1) is 6.92 Å². The fourth-order valence-electron chi connectivity index (χ4n) is 2.42. The largest absolute Gasteiger partial charge is 0.507 e. The van der Waals surface area contributed by atoms with Crippen LogP contribution in [0.5, 0.6) is 5.75 Å². The van der Waals surface area contributed by atoms with Gasteiger partial charge in [0.2, 0.25) is 0 Å². The number of hydrogen-bond acceptors (Lipinski definition) is 5. The molecule has 1 N–H and O–H groups in total. The van der Waals surface area contributed by atoms with Gasteiger partial charge < -0.3 is 19.5 Å². The number of benzene rings is 2. The normalized spacial score (nSPS) is 10.4. The fraction of sp³-hybridized carbons (Fsp3) is 0.300. The van der Waals surface area contributed by atoms with E-state index in [1.54, 1.807) is 31.1 Å². The number of nitrogens with zero attached hydrogens (tertiary/aromatic N) is 1. The highest BCUT2D eigenvalue weighted by molar-refractivity contribution is 5.94. The Kier molecular flexibility index (Phi) is 7.17. The lowest BCUT2D eigenvalue weighted by Crippen LogP contribution is -2.36. The molecule has 2 aromatic rings. The summed E-state index contributed by atoms with van der Waals surface area (Å²) in [6.45, 7) is 2.45. The minimum Gasteiger partial charge on any atom is -0.507 e. The monoisotopic (exact) mass is 357 g/mol. The Morgan fingerprint density at radius 2 is 1.81 bits per heavy atom.